The molecule has 3 aromatic heterocycles. The fraction of sp³-hybridized carbons (Fsp3) is 0.333. The third-order valence-electron chi connectivity index (χ3n) is 4.66. The molecule has 1 unspecified atom stereocenters. The van der Waals surface area contributed by atoms with Crippen molar-refractivity contribution in [2.24, 2.45) is 0 Å². The summed E-state index contributed by atoms with van der Waals surface area (Å²) in [5.74, 6) is 1.56. The highest BCUT2D eigenvalue weighted by Crippen LogP contribution is 2.30. The van der Waals surface area contributed by atoms with E-state index in [1.54, 1.807) is 16.6 Å². The number of aryl methyl sites for hydroxylation is 1. The molecule has 28 heavy (non-hydrogen) atoms. The van der Waals surface area contributed by atoms with Crippen LogP contribution in [0.25, 0.3) is 11.3 Å². The standard InChI is InChI=1S/C18H19N7O3/c26-18-23(22-17-7-6-16-21-20-12-24(16)25(17)18)9-3-8-19-10-13-11-27-14-4-1-2-5-15(14)28-13/h1-2,4-7,12-13,19H,3,8-11H2. The van der Waals surface area contributed by atoms with Crippen LogP contribution in [0, 0.1) is 0 Å². The zero-order valence-corrected chi connectivity index (χ0v) is 15.1. The number of para-hydroxylation sites is 2. The summed E-state index contributed by atoms with van der Waals surface area (Å²) in [5, 5.41) is 15.5. The lowest BCUT2D eigenvalue weighted by Gasteiger charge is -2.26. The van der Waals surface area contributed by atoms with Crippen molar-refractivity contribution in [2.75, 3.05) is 19.7 Å². The van der Waals surface area contributed by atoms with E-state index >= 15 is 0 Å². The Morgan fingerprint density at radius 2 is 2.00 bits per heavy atom. The Kier molecular flexibility index (Phi) is 4.17. The molecule has 0 saturated carbocycles. The van der Waals surface area contributed by atoms with Crippen molar-refractivity contribution in [2.45, 2.75) is 19.1 Å². The summed E-state index contributed by atoms with van der Waals surface area (Å²) in [7, 11) is 0. The first-order valence-electron chi connectivity index (χ1n) is 9.17. The minimum absolute atomic E-state index is 0.0326. The van der Waals surface area contributed by atoms with Crippen molar-refractivity contribution in [1.29, 1.82) is 0 Å². The second-order valence-corrected chi connectivity index (χ2v) is 6.60. The first kappa shape index (κ1) is 16.8. The maximum Gasteiger partial charge on any atom is 0.365 e. The number of rotatable bonds is 6. The molecule has 0 radical (unpaired) electrons. The highest BCUT2D eigenvalue weighted by molar-refractivity contribution is 5.45. The van der Waals surface area contributed by atoms with Crippen molar-refractivity contribution in [3.05, 3.63) is 53.2 Å². The summed E-state index contributed by atoms with van der Waals surface area (Å²) >= 11 is 0. The van der Waals surface area contributed by atoms with Crippen molar-refractivity contribution in [3.63, 3.8) is 0 Å². The number of hydrogen-bond donors (Lipinski definition) is 1. The molecule has 0 spiro atoms. The third-order valence-corrected chi connectivity index (χ3v) is 4.66. The number of benzene rings is 1. The molecule has 10 heteroatoms. The smallest absolute Gasteiger partial charge is 0.365 e. The number of nitrogens with one attached hydrogen (secondary N) is 1. The fourth-order valence-electron chi connectivity index (χ4n) is 3.30. The normalized spacial score (nSPS) is 16.1. The molecule has 1 aliphatic rings. The van der Waals surface area contributed by atoms with Crippen LogP contribution >= 0.6 is 0 Å². The largest absolute Gasteiger partial charge is 0.486 e. The van der Waals surface area contributed by atoms with E-state index in [1.165, 1.54) is 15.5 Å². The van der Waals surface area contributed by atoms with Crippen molar-refractivity contribution in [3.8, 4) is 11.5 Å². The van der Waals surface area contributed by atoms with E-state index in [9.17, 15) is 4.79 Å². The van der Waals surface area contributed by atoms with Crippen LogP contribution in [0.5, 0.6) is 11.5 Å². The molecule has 1 N–H and O–H groups in total. The number of fused-ring (bicyclic) bond motifs is 4. The molecule has 4 aromatic rings. The minimum atomic E-state index is -0.207. The van der Waals surface area contributed by atoms with E-state index < -0.39 is 0 Å². The molecule has 0 aliphatic carbocycles. The Hall–Kier alpha value is -3.40. The fourth-order valence-corrected chi connectivity index (χ4v) is 3.30. The minimum Gasteiger partial charge on any atom is -0.486 e. The summed E-state index contributed by atoms with van der Waals surface area (Å²) < 4.78 is 16.1. The van der Waals surface area contributed by atoms with Gasteiger partial charge in [-0.1, -0.05) is 12.1 Å². The molecule has 10 nitrogen and oxygen atoms in total. The van der Waals surface area contributed by atoms with Gasteiger partial charge in [0.1, 0.15) is 19.0 Å². The first-order chi connectivity index (χ1) is 13.8. The third kappa shape index (κ3) is 2.97. The first-order valence-corrected chi connectivity index (χ1v) is 9.17. The lowest BCUT2D eigenvalue weighted by molar-refractivity contribution is 0.0904. The highest BCUT2D eigenvalue weighted by atomic mass is 16.6. The summed E-state index contributed by atoms with van der Waals surface area (Å²) in [5.41, 5.74) is 0.963. The van der Waals surface area contributed by atoms with Crippen LogP contribution in [0.15, 0.2) is 47.5 Å². The van der Waals surface area contributed by atoms with Crippen LogP contribution in [0.3, 0.4) is 0 Å². The number of ether oxygens (including phenoxy) is 2. The van der Waals surface area contributed by atoms with E-state index in [2.05, 4.69) is 20.6 Å². The van der Waals surface area contributed by atoms with Crippen LogP contribution in [-0.4, -0.2) is 54.8 Å². The van der Waals surface area contributed by atoms with Crippen molar-refractivity contribution >= 4 is 11.3 Å². The molecule has 1 aromatic carbocycles. The van der Waals surface area contributed by atoms with Gasteiger partial charge < -0.3 is 14.8 Å². The Morgan fingerprint density at radius 1 is 1.14 bits per heavy atom. The van der Waals surface area contributed by atoms with E-state index in [-0.39, 0.29) is 11.8 Å². The summed E-state index contributed by atoms with van der Waals surface area (Å²) in [6.07, 6.45) is 2.23. The average molecular weight is 381 g/mol. The quantitative estimate of drug-likeness (QED) is 0.481. The maximum atomic E-state index is 12.6. The van der Waals surface area contributed by atoms with Gasteiger partial charge in [-0.25, -0.2) is 14.0 Å². The molecule has 0 fully saturated rings. The predicted octanol–water partition coefficient (Wildman–Crippen LogP) is 0.358. The van der Waals surface area contributed by atoms with Gasteiger partial charge in [0.05, 0.1) is 0 Å². The highest BCUT2D eigenvalue weighted by Gasteiger charge is 2.19. The second kappa shape index (κ2) is 6.97. The lowest BCUT2D eigenvalue weighted by atomic mass is 10.2. The van der Waals surface area contributed by atoms with Crippen LogP contribution in [0.2, 0.25) is 0 Å². The molecule has 144 valence electrons. The summed E-state index contributed by atoms with van der Waals surface area (Å²) in [6, 6.07) is 11.2. The molecule has 0 saturated heterocycles. The van der Waals surface area contributed by atoms with Gasteiger partial charge in [0.15, 0.2) is 22.8 Å². The van der Waals surface area contributed by atoms with Gasteiger partial charge in [0.25, 0.3) is 0 Å². The molecule has 0 amide bonds. The second-order valence-electron chi connectivity index (χ2n) is 6.60. The number of nitrogens with zero attached hydrogens (tertiary/aromatic N) is 6. The Bertz CT molecular complexity index is 1180. The summed E-state index contributed by atoms with van der Waals surface area (Å²) in [4.78, 5) is 12.6. The average Bonchev–Trinajstić information content (AvgIpc) is 3.32. The van der Waals surface area contributed by atoms with Gasteiger partial charge in [-0.05, 0) is 37.2 Å². The maximum absolute atomic E-state index is 12.6. The Labute approximate surface area is 159 Å². The monoisotopic (exact) mass is 381 g/mol. The molecule has 1 atom stereocenters. The SMILES string of the molecule is O=c1n(CCCNCC2COc3ccccc3O2)nc2ccc3nncn3n12. The molecular formula is C18H19N7O3. The van der Waals surface area contributed by atoms with Crippen molar-refractivity contribution in [1.82, 2.24) is 34.3 Å². The van der Waals surface area contributed by atoms with E-state index in [0.29, 0.717) is 31.0 Å². The molecule has 0 bridgehead atoms. The predicted molar refractivity (Wildman–Crippen MR) is 99.8 cm³/mol. The Morgan fingerprint density at radius 3 is 2.93 bits per heavy atom. The van der Waals surface area contributed by atoms with Gasteiger partial charge in [-0.2, -0.15) is 4.52 Å². The van der Waals surface area contributed by atoms with Gasteiger partial charge >= 0.3 is 5.69 Å². The van der Waals surface area contributed by atoms with Crippen LogP contribution in [-0.2, 0) is 6.54 Å². The van der Waals surface area contributed by atoms with E-state index in [0.717, 1.165) is 24.5 Å². The van der Waals surface area contributed by atoms with Crippen LogP contribution < -0.4 is 20.5 Å². The number of aromatic nitrogens is 6. The molecule has 1 aliphatic heterocycles. The van der Waals surface area contributed by atoms with Crippen LogP contribution in [0.4, 0.5) is 0 Å². The van der Waals surface area contributed by atoms with Gasteiger partial charge in [-0.15, -0.1) is 15.3 Å². The van der Waals surface area contributed by atoms with Crippen molar-refractivity contribution < 1.29 is 9.47 Å². The van der Waals surface area contributed by atoms with E-state index in [4.69, 9.17) is 9.47 Å². The Balaban J connectivity index is 1.16. The van der Waals surface area contributed by atoms with Crippen LogP contribution in [0.1, 0.15) is 6.42 Å². The zero-order valence-electron chi connectivity index (χ0n) is 15.1. The number of hydrogen-bond acceptors (Lipinski definition) is 7. The molecule has 5 rings (SSSR count). The summed E-state index contributed by atoms with van der Waals surface area (Å²) in [6.45, 7) is 2.45. The lowest BCUT2D eigenvalue weighted by Crippen LogP contribution is -2.39. The van der Waals surface area contributed by atoms with E-state index in [1.807, 2.05) is 24.3 Å². The molecular weight excluding hydrogens is 362 g/mol. The molecule has 4 heterocycles. The van der Waals surface area contributed by atoms with Gasteiger partial charge in [-0.3, -0.25) is 0 Å². The topological polar surface area (TPSA) is 100.0 Å². The van der Waals surface area contributed by atoms with Gasteiger partial charge in [0.2, 0.25) is 0 Å². The van der Waals surface area contributed by atoms with Gasteiger partial charge in [0, 0.05) is 13.1 Å². The zero-order chi connectivity index (χ0) is 18.9.